The number of aromatic hydroxyl groups is 1. The summed E-state index contributed by atoms with van der Waals surface area (Å²) in [6.45, 7) is 1.64. The van der Waals surface area contributed by atoms with E-state index < -0.39 is 5.97 Å². The van der Waals surface area contributed by atoms with Crippen LogP contribution in [0.15, 0.2) is 17.1 Å². The first-order valence-electron chi connectivity index (χ1n) is 4.41. The Morgan fingerprint density at radius 3 is 2.69 bits per heavy atom. The summed E-state index contributed by atoms with van der Waals surface area (Å²) < 4.78 is 0. The fourth-order valence-electron chi connectivity index (χ4n) is 1.13. The lowest BCUT2D eigenvalue weighted by Gasteiger charge is -2.05. The Labute approximate surface area is 97.2 Å². The highest BCUT2D eigenvalue weighted by molar-refractivity contribution is 6.28. The van der Waals surface area contributed by atoms with Crippen LogP contribution in [-0.2, 0) is 0 Å². The minimum atomic E-state index is -1.18. The molecule has 4 N–H and O–H groups in total. The first-order valence-corrected chi connectivity index (χ1v) is 4.95. The van der Waals surface area contributed by atoms with E-state index in [1.807, 2.05) is 0 Å². The average Bonchev–Trinajstić information content (AvgIpc) is 2.22. The van der Waals surface area contributed by atoms with Gasteiger partial charge in [-0.1, -0.05) is 0 Å². The van der Waals surface area contributed by atoms with Crippen LogP contribution >= 0.6 is 11.6 Å². The van der Waals surface area contributed by atoms with Gasteiger partial charge in [0.2, 0.25) is 0 Å². The van der Waals surface area contributed by atoms with Crippen molar-refractivity contribution in [3.05, 3.63) is 23.3 Å². The summed E-state index contributed by atoms with van der Waals surface area (Å²) >= 11 is 5.45. The van der Waals surface area contributed by atoms with Crippen molar-refractivity contribution < 1.29 is 15.0 Å². The van der Waals surface area contributed by atoms with E-state index in [4.69, 9.17) is 22.4 Å². The fourth-order valence-corrected chi connectivity index (χ4v) is 1.19. The number of alkyl halides is 1. The minimum absolute atomic E-state index is 0.0129. The highest BCUT2D eigenvalue weighted by atomic mass is 35.5. The van der Waals surface area contributed by atoms with Crippen molar-refractivity contribution in [2.45, 2.75) is 6.92 Å². The minimum Gasteiger partial charge on any atom is -0.508 e. The zero-order chi connectivity index (χ0) is 12.3. The number of carboxylic acid groups (broad SMARTS) is 1. The summed E-state index contributed by atoms with van der Waals surface area (Å²) in [6.07, 6.45) is 0. The summed E-state index contributed by atoms with van der Waals surface area (Å²) in [4.78, 5) is 14.8. The molecule has 0 bridgehead atoms. The van der Waals surface area contributed by atoms with Crippen molar-refractivity contribution in [3.63, 3.8) is 0 Å². The molecule has 0 amide bonds. The van der Waals surface area contributed by atoms with E-state index in [-0.39, 0.29) is 28.7 Å². The zero-order valence-electron chi connectivity index (χ0n) is 8.57. The summed E-state index contributed by atoms with van der Waals surface area (Å²) in [6, 6.07) is 2.58. The number of amidine groups is 1. The van der Waals surface area contributed by atoms with Crippen molar-refractivity contribution in [1.82, 2.24) is 0 Å². The molecule has 0 saturated heterocycles. The topological polar surface area (TPSA) is 95.9 Å². The second kappa shape index (κ2) is 4.85. The van der Waals surface area contributed by atoms with E-state index in [0.717, 1.165) is 6.07 Å². The van der Waals surface area contributed by atoms with Gasteiger partial charge >= 0.3 is 5.97 Å². The molecule has 0 fully saturated rings. The molecule has 1 aromatic carbocycles. The van der Waals surface area contributed by atoms with Gasteiger partial charge in [-0.25, -0.2) is 9.79 Å². The lowest BCUT2D eigenvalue weighted by molar-refractivity contribution is 0.0697. The third kappa shape index (κ3) is 2.64. The van der Waals surface area contributed by atoms with Gasteiger partial charge in [0.1, 0.15) is 11.6 Å². The summed E-state index contributed by atoms with van der Waals surface area (Å²) in [5.41, 5.74) is 6.01. The number of hydrogen-bond acceptors (Lipinski definition) is 3. The number of aromatic carboxylic acids is 1. The molecule has 0 atom stereocenters. The van der Waals surface area contributed by atoms with E-state index in [2.05, 4.69) is 4.99 Å². The Kier molecular flexibility index (Phi) is 3.73. The summed E-state index contributed by atoms with van der Waals surface area (Å²) in [5, 5.41) is 18.3. The van der Waals surface area contributed by atoms with Gasteiger partial charge in [0, 0.05) is 0 Å². The maximum Gasteiger partial charge on any atom is 0.338 e. The Bertz CT molecular complexity index is 458. The van der Waals surface area contributed by atoms with Gasteiger partial charge in [-0.15, -0.1) is 11.6 Å². The largest absolute Gasteiger partial charge is 0.508 e. The van der Waals surface area contributed by atoms with Gasteiger partial charge in [0.25, 0.3) is 0 Å². The highest BCUT2D eigenvalue weighted by Crippen LogP contribution is 2.27. The molecule has 0 aliphatic rings. The van der Waals surface area contributed by atoms with Gasteiger partial charge in [-0.2, -0.15) is 0 Å². The van der Waals surface area contributed by atoms with E-state index >= 15 is 0 Å². The molecular weight excluding hydrogens is 232 g/mol. The Morgan fingerprint density at radius 1 is 1.56 bits per heavy atom. The lowest BCUT2D eigenvalue weighted by Crippen LogP contribution is -2.12. The first-order chi connectivity index (χ1) is 7.45. The number of benzene rings is 1. The highest BCUT2D eigenvalue weighted by Gasteiger charge is 2.12. The Balaban J connectivity index is 3.36. The average molecular weight is 243 g/mol. The number of rotatable bonds is 3. The van der Waals surface area contributed by atoms with E-state index in [9.17, 15) is 9.90 Å². The van der Waals surface area contributed by atoms with Crippen molar-refractivity contribution >= 4 is 29.1 Å². The Hall–Kier alpha value is -1.75. The van der Waals surface area contributed by atoms with Crippen LogP contribution in [0.4, 0.5) is 5.69 Å². The molecule has 5 nitrogen and oxygen atoms in total. The number of nitrogens with two attached hydrogens (primary N) is 1. The van der Waals surface area contributed by atoms with Crippen molar-refractivity contribution in [2.24, 2.45) is 10.7 Å². The molecule has 86 valence electrons. The summed E-state index contributed by atoms with van der Waals surface area (Å²) in [5.74, 6) is -1.15. The third-order valence-corrected chi connectivity index (χ3v) is 2.22. The second-order valence-corrected chi connectivity index (χ2v) is 3.47. The third-order valence-electron chi connectivity index (χ3n) is 1.95. The van der Waals surface area contributed by atoms with Crippen LogP contribution in [0.5, 0.6) is 5.75 Å². The number of aliphatic imine (C=N–C) groups is 1. The molecule has 6 heteroatoms. The van der Waals surface area contributed by atoms with Crippen LogP contribution in [-0.4, -0.2) is 27.9 Å². The van der Waals surface area contributed by atoms with E-state index in [1.165, 1.54) is 6.07 Å². The van der Waals surface area contributed by atoms with E-state index in [1.54, 1.807) is 6.92 Å². The smallest absolute Gasteiger partial charge is 0.338 e. The number of hydrogen-bond donors (Lipinski definition) is 3. The molecule has 0 spiro atoms. The molecule has 0 saturated carbocycles. The molecule has 0 unspecified atom stereocenters. The summed E-state index contributed by atoms with van der Waals surface area (Å²) in [7, 11) is 0. The molecule has 0 aliphatic heterocycles. The van der Waals surface area contributed by atoms with Gasteiger partial charge < -0.3 is 15.9 Å². The maximum atomic E-state index is 10.9. The van der Waals surface area contributed by atoms with Crippen LogP contribution in [0.1, 0.15) is 15.9 Å². The van der Waals surface area contributed by atoms with Crippen LogP contribution in [0.25, 0.3) is 0 Å². The van der Waals surface area contributed by atoms with Crippen LogP contribution in [0.3, 0.4) is 0 Å². The second-order valence-electron chi connectivity index (χ2n) is 3.20. The van der Waals surface area contributed by atoms with Crippen LogP contribution < -0.4 is 5.73 Å². The molecule has 1 rings (SSSR count). The van der Waals surface area contributed by atoms with Gasteiger partial charge in [-0.05, 0) is 24.6 Å². The number of aryl methyl sites for hydroxylation is 1. The number of carboxylic acids is 1. The van der Waals surface area contributed by atoms with Gasteiger partial charge in [0.05, 0.1) is 17.1 Å². The number of phenolic OH excluding ortho intramolecular Hbond substituents is 1. The molecule has 0 aromatic heterocycles. The molecule has 0 aliphatic carbocycles. The first kappa shape index (κ1) is 12.3. The maximum absolute atomic E-state index is 10.9. The van der Waals surface area contributed by atoms with Crippen molar-refractivity contribution in [2.75, 3.05) is 5.88 Å². The fraction of sp³-hybridized carbons (Fsp3) is 0.200. The van der Waals surface area contributed by atoms with Gasteiger partial charge in [-0.3, -0.25) is 0 Å². The molecule has 0 radical (unpaired) electrons. The Morgan fingerprint density at radius 2 is 2.19 bits per heavy atom. The zero-order valence-corrected chi connectivity index (χ0v) is 9.32. The molecule has 0 heterocycles. The number of phenols is 1. The lowest BCUT2D eigenvalue weighted by atomic mass is 10.1. The monoisotopic (exact) mass is 242 g/mol. The number of nitrogens with zero attached hydrogens (tertiary/aromatic N) is 1. The van der Waals surface area contributed by atoms with Gasteiger partial charge in [0.15, 0.2) is 0 Å². The van der Waals surface area contributed by atoms with Crippen molar-refractivity contribution in [1.29, 1.82) is 0 Å². The van der Waals surface area contributed by atoms with Crippen LogP contribution in [0.2, 0.25) is 0 Å². The van der Waals surface area contributed by atoms with Crippen LogP contribution in [0, 0.1) is 6.92 Å². The normalized spacial score (nSPS) is 11.5. The van der Waals surface area contributed by atoms with E-state index in [0.29, 0.717) is 5.56 Å². The predicted molar refractivity (Wildman–Crippen MR) is 61.8 cm³/mol. The number of halogens is 1. The molecular formula is C10H11ClN2O3. The SMILES string of the molecule is Cc1cc(N=C(N)CCl)c(C(=O)O)cc1O. The standard InChI is InChI=1S/C10H11ClN2O3/c1-5-2-7(13-9(12)4-11)6(10(15)16)3-8(5)14/h2-3,14H,4H2,1H3,(H2,12,13)(H,15,16). The molecule has 16 heavy (non-hydrogen) atoms. The van der Waals surface area contributed by atoms with Crippen molar-refractivity contribution in [3.8, 4) is 5.75 Å². The predicted octanol–water partition coefficient (Wildman–Crippen LogP) is 1.63. The molecule has 1 aromatic rings. The quantitative estimate of drug-likeness (QED) is 0.426. The number of carbonyl (C=O) groups is 1.